The molecule has 112 valence electrons. The lowest BCUT2D eigenvalue weighted by atomic mass is 10.1. The van der Waals surface area contributed by atoms with Gasteiger partial charge in [-0.1, -0.05) is 48.5 Å². The Bertz CT molecular complexity index is 534. The smallest absolute Gasteiger partial charge is 0.125 e. The van der Waals surface area contributed by atoms with Crippen molar-refractivity contribution in [2.75, 3.05) is 19.7 Å². The maximum atomic E-state index is 10.0. The van der Waals surface area contributed by atoms with Gasteiger partial charge in [0.2, 0.25) is 0 Å². The van der Waals surface area contributed by atoms with E-state index in [0.29, 0.717) is 19.7 Å². The standard InChI is InChI=1S/C18H23NO2/c1-14-7-6-8-15(2)18(14)21-12-11-19-13-17(20)16-9-4-3-5-10-16/h3-10,17,19-20H,11-13H2,1-2H3/t17-/m1/s1. The van der Waals surface area contributed by atoms with Gasteiger partial charge in [-0.2, -0.15) is 0 Å². The molecule has 0 unspecified atom stereocenters. The number of rotatable bonds is 7. The van der Waals surface area contributed by atoms with Crippen molar-refractivity contribution >= 4 is 0 Å². The number of aryl methyl sites for hydroxylation is 2. The third-order valence-electron chi connectivity index (χ3n) is 3.46. The number of para-hydroxylation sites is 1. The second-order valence-corrected chi connectivity index (χ2v) is 5.20. The highest BCUT2D eigenvalue weighted by atomic mass is 16.5. The van der Waals surface area contributed by atoms with E-state index in [1.807, 2.05) is 36.4 Å². The quantitative estimate of drug-likeness (QED) is 0.768. The largest absolute Gasteiger partial charge is 0.492 e. The third kappa shape index (κ3) is 4.59. The number of hydrogen-bond acceptors (Lipinski definition) is 3. The van der Waals surface area contributed by atoms with Gasteiger partial charge in [-0.05, 0) is 30.5 Å². The van der Waals surface area contributed by atoms with Crippen LogP contribution in [0.4, 0.5) is 0 Å². The van der Waals surface area contributed by atoms with Gasteiger partial charge in [0, 0.05) is 13.1 Å². The summed E-state index contributed by atoms with van der Waals surface area (Å²) in [6, 6.07) is 15.8. The summed E-state index contributed by atoms with van der Waals surface area (Å²) in [6.45, 7) is 5.93. The van der Waals surface area contributed by atoms with E-state index in [9.17, 15) is 5.11 Å². The SMILES string of the molecule is Cc1cccc(C)c1OCCNC[C@@H](O)c1ccccc1. The molecule has 0 fully saturated rings. The lowest BCUT2D eigenvalue weighted by Crippen LogP contribution is -2.26. The van der Waals surface area contributed by atoms with Crippen LogP contribution in [-0.2, 0) is 0 Å². The minimum atomic E-state index is -0.480. The van der Waals surface area contributed by atoms with E-state index < -0.39 is 6.10 Å². The fourth-order valence-electron chi connectivity index (χ4n) is 2.28. The van der Waals surface area contributed by atoms with Crippen LogP contribution >= 0.6 is 0 Å². The molecule has 0 aliphatic heterocycles. The fourth-order valence-corrected chi connectivity index (χ4v) is 2.28. The monoisotopic (exact) mass is 285 g/mol. The molecule has 0 aliphatic rings. The van der Waals surface area contributed by atoms with Crippen LogP contribution < -0.4 is 10.1 Å². The van der Waals surface area contributed by atoms with Gasteiger partial charge in [0.1, 0.15) is 12.4 Å². The van der Waals surface area contributed by atoms with Crippen LogP contribution in [0, 0.1) is 13.8 Å². The summed E-state index contributed by atoms with van der Waals surface area (Å²) in [7, 11) is 0. The van der Waals surface area contributed by atoms with Crippen molar-refractivity contribution in [3.63, 3.8) is 0 Å². The van der Waals surface area contributed by atoms with Crippen LogP contribution in [0.2, 0.25) is 0 Å². The van der Waals surface area contributed by atoms with Crippen LogP contribution in [0.3, 0.4) is 0 Å². The molecule has 0 radical (unpaired) electrons. The second-order valence-electron chi connectivity index (χ2n) is 5.20. The molecule has 3 heteroatoms. The maximum absolute atomic E-state index is 10.0. The summed E-state index contributed by atoms with van der Waals surface area (Å²) in [5, 5.41) is 13.2. The Morgan fingerprint density at radius 3 is 2.33 bits per heavy atom. The Kier molecular flexibility index (Phi) is 5.78. The van der Waals surface area contributed by atoms with Gasteiger partial charge in [-0.15, -0.1) is 0 Å². The highest BCUT2D eigenvalue weighted by Gasteiger charge is 2.06. The topological polar surface area (TPSA) is 41.5 Å². The molecule has 0 aromatic heterocycles. The van der Waals surface area contributed by atoms with E-state index in [4.69, 9.17) is 4.74 Å². The molecule has 3 nitrogen and oxygen atoms in total. The zero-order valence-electron chi connectivity index (χ0n) is 12.7. The maximum Gasteiger partial charge on any atom is 0.125 e. The van der Waals surface area contributed by atoms with E-state index in [0.717, 1.165) is 22.4 Å². The van der Waals surface area contributed by atoms with Gasteiger partial charge in [0.05, 0.1) is 6.10 Å². The molecule has 0 saturated carbocycles. The van der Waals surface area contributed by atoms with Crippen LogP contribution in [0.5, 0.6) is 5.75 Å². The van der Waals surface area contributed by atoms with Crippen LogP contribution in [0.25, 0.3) is 0 Å². The lowest BCUT2D eigenvalue weighted by molar-refractivity contribution is 0.172. The molecule has 0 aliphatic carbocycles. The van der Waals surface area contributed by atoms with Gasteiger partial charge >= 0.3 is 0 Å². The van der Waals surface area contributed by atoms with Gasteiger partial charge < -0.3 is 15.2 Å². The molecule has 2 N–H and O–H groups in total. The number of aliphatic hydroxyl groups excluding tert-OH is 1. The zero-order valence-corrected chi connectivity index (χ0v) is 12.7. The van der Waals surface area contributed by atoms with Crippen molar-refractivity contribution in [1.82, 2.24) is 5.32 Å². The average molecular weight is 285 g/mol. The molecule has 0 amide bonds. The highest BCUT2D eigenvalue weighted by Crippen LogP contribution is 2.21. The first-order chi connectivity index (χ1) is 10.2. The number of ether oxygens (including phenoxy) is 1. The van der Waals surface area contributed by atoms with Gasteiger partial charge in [-0.3, -0.25) is 0 Å². The first kappa shape index (κ1) is 15.5. The van der Waals surface area contributed by atoms with Crippen molar-refractivity contribution < 1.29 is 9.84 Å². The summed E-state index contributed by atoms with van der Waals surface area (Å²) in [5.74, 6) is 0.961. The Hall–Kier alpha value is -1.84. The molecule has 2 aromatic carbocycles. The molecular weight excluding hydrogens is 262 g/mol. The van der Waals surface area contributed by atoms with Crippen LogP contribution in [0.15, 0.2) is 48.5 Å². The van der Waals surface area contributed by atoms with Crippen LogP contribution in [-0.4, -0.2) is 24.8 Å². The predicted octanol–water partition coefficient (Wildman–Crippen LogP) is 3.01. The van der Waals surface area contributed by atoms with Gasteiger partial charge in [0.25, 0.3) is 0 Å². The molecule has 21 heavy (non-hydrogen) atoms. The molecule has 0 bridgehead atoms. The number of benzene rings is 2. The Labute approximate surface area is 126 Å². The van der Waals surface area contributed by atoms with Crippen molar-refractivity contribution in [3.05, 3.63) is 65.2 Å². The normalized spacial score (nSPS) is 12.1. The molecule has 2 rings (SSSR count). The molecular formula is C18H23NO2. The predicted molar refractivity (Wildman–Crippen MR) is 85.7 cm³/mol. The molecule has 0 saturated heterocycles. The van der Waals surface area contributed by atoms with E-state index in [-0.39, 0.29) is 0 Å². The Balaban J connectivity index is 1.71. The molecule has 1 atom stereocenters. The minimum absolute atomic E-state index is 0.480. The average Bonchev–Trinajstić information content (AvgIpc) is 2.50. The van der Waals surface area contributed by atoms with E-state index in [2.05, 4.69) is 31.3 Å². The number of hydrogen-bond donors (Lipinski definition) is 2. The van der Waals surface area contributed by atoms with Crippen molar-refractivity contribution in [2.45, 2.75) is 20.0 Å². The first-order valence-electron chi connectivity index (χ1n) is 7.31. The molecule has 0 spiro atoms. The lowest BCUT2D eigenvalue weighted by Gasteiger charge is -2.14. The Morgan fingerprint density at radius 1 is 1.00 bits per heavy atom. The third-order valence-corrected chi connectivity index (χ3v) is 3.46. The van der Waals surface area contributed by atoms with Crippen LogP contribution in [0.1, 0.15) is 22.8 Å². The summed E-state index contributed by atoms with van der Waals surface area (Å²) >= 11 is 0. The second kappa shape index (κ2) is 7.81. The van der Waals surface area contributed by atoms with Crippen molar-refractivity contribution in [3.8, 4) is 5.75 Å². The summed E-state index contributed by atoms with van der Waals surface area (Å²) < 4.78 is 5.81. The van der Waals surface area contributed by atoms with E-state index in [1.165, 1.54) is 0 Å². The zero-order chi connectivity index (χ0) is 15.1. The number of nitrogens with one attached hydrogen (secondary N) is 1. The fraction of sp³-hybridized carbons (Fsp3) is 0.333. The van der Waals surface area contributed by atoms with E-state index in [1.54, 1.807) is 0 Å². The number of aliphatic hydroxyl groups is 1. The first-order valence-corrected chi connectivity index (χ1v) is 7.31. The van der Waals surface area contributed by atoms with Gasteiger partial charge in [0.15, 0.2) is 0 Å². The summed E-state index contributed by atoms with van der Waals surface area (Å²) in [5.41, 5.74) is 3.24. The minimum Gasteiger partial charge on any atom is -0.492 e. The van der Waals surface area contributed by atoms with Crippen molar-refractivity contribution in [1.29, 1.82) is 0 Å². The molecule has 0 heterocycles. The molecule has 2 aromatic rings. The summed E-state index contributed by atoms with van der Waals surface area (Å²) in [6.07, 6.45) is -0.480. The Morgan fingerprint density at radius 2 is 1.67 bits per heavy atom. The van der Waals surface area contributed by atoms with Crippen molar-refractivity contribution in [2.24, 2.45) is 0 Å². The van der Waals surface area contributed by atoms with Gasteiger partial charge in [-0.25, -0.2) is 0 Å². The summed E-state index contributed by atoms with van der Waals surface area (Å²) in [4.78, 5) is 0. The highest BCUT2D eigenvalue weighted by molar-refractivity contribution is 5.39. The van der Waals surface area contributed by atoms with E-state index >= 15 is 0 Å².